The molecule has 0 saturated carbocycles. The normalized spacial score (nSPS) is 15.1. The van der Waals surface area contributed by atoms with Crippen LogP contribution in [0, 0.1) is 0 Å². The lowest BCUT2D eigenvalue weighted by molar-refractivity contribution is 1.58. The Morgan fingerprint density at radius 2 is 0.450 bits per heavy atom. The molecule has 0 amide bonds. The smallest absolute Gasteiger partial charge is 0.000697 e. The van der Waals surface area contributed by atoms with Crippen molar-refractivity contribution in [1.82, 2.24) is 0 Å². The molecule has 0 unspecified atom stereocenters. The van der Waals surface area contributed by atoms with Crippen LogP contribution in [-0.4, -0.2) is 0 Å². The fourth-order valence-corrected chi connectivity index (χ4v) is 10.4. The van der Waals surface area contributed by atoms with Crippen molar-refractivity contribution in [2.24, 2.45) is 0 Å². The van der Waals surface area contributed by atoms with Crippen molar-refractivity contribution in [3.05, 3.63) is 250 Å². The monoisotopic (exact) mass is 756 g/mol. The maximum Gasteiger partial charge on any atom is -0.000697 e. The Hall–Kier alpha value is -7.80. The van der Waals surface area contributed by atoms with Gasteiger partial charge in [0.2, 0.25) is 0 Å². The van der Waals surface area contributed by atoms with Crippen molar-refractivity contribution in [2.75, 3.05) is 0 Å². The van der Waals surface area contributed by atoms with E-state index in [1.165, 1.54) is 132 Å². The van der Waals surface area contributed by atoms with Gasteiger partial charge in [0.1, 0.15) is 0 Å². The van der Waals surface area contributed by atoms with E-state index in [2.05, 4.69) is 218 Å². The van der Waals surface area contributed by atoms with Crippen LogP contribution < -0.4 is 0 Å². The minimum Gasteiger partial charge on any atom is -0.0616 e. The second kappa shape index (κ2) is 12.9. The third-order valence-electron chi connectivity index (χ3n) is 13.0. The SMILES string of the molecule is C(=C1/c2ccccc2-c2c1c1c(c3c2/C(=C/c2ccc4ccccc4c2)c2ccccc2-3)/C(=C/c2ccc3ccccc3c2)c2ccccc2-1)/c1ccc2ccccc2c1. The van der Waals surface area contributed by atoms with Crippen LogP contribution in [0.1, 0.15) is 50.1 Å². The van der Waals surface area contributed by atoms with Gasteiger partial charge in [0.25, 0.3) is 0 Å². The Balaban J connectivity index is 1.18. The molecule has 0 fully saturated rings. The van der Waals surface area contributed by atoms with Crippen LogP contribution in [0.5, 0.6) is 0 Å². The van der Waals surface area contributed by atoms with Gasteiger partial charge in [0.05, 0.1) is 0 Å². The number of rotatable bonds is 3. The summed E-state index contributed by atoms with van der Waals surface area (Å²) >= 11 is 0. The Kier molecular flexibility index (Phi) is 7.11. The molecule has 276 valence electrons. The van der Waals surface area contributed by atoms with E-state index < -0.39 is 0 Å². The fourth-order valence-electron chi connectivity index (χ4n) is 10.4. The average Bonchev–Trinajstić information content (AvgIpc) is 3.92. The van der Waals surface area contributed by atoms with Gasteiger partial charge in [-0.05, 0) is 169 Å². The lowest BCUT2D eigenvalue weighted by atomic mass is 9.83. The van der Waals surface area contributed by atoms with Crippen LogP contribution in [0.2, 0.25) is 0 Å². The number of fused-ring (bicyclic) bond motifs is 15. The summed E-state index contributed by atoms with van der Waals surface area (Å²) in [5.74, 6) is 0. The summed E-state index contributed by atoms with van der Waals surface area (Å²) in [4.78, 5) is 0. The van der Waals surface area contributed by atoms with Crippen LogP contribution in [0.3, 0.4) is 0 Å². The summed E-state index contributed by atoms with van der Waals surface area (Å²) in [6, 6.07) is 74.0. The van der Waals surface area contributed by atoms with Gasteiger partial charge in [0.15, 0.2) is 0 Å². The fraction of sp³-hybridized carbons (Fsp3) is 0. The van der Waals surface area contributed by atoms with Crippen molar-refractivity contribution < 1.29 is 0 Å². The zero-order valence-corrected chi connectivity index (χ0v) is 32.8. The van der Waals surface area contributed by atoms with Gasteiger partial charge in [-0.1, -0.05) is 182 Å². The molecule has 0 heteroatoms. The van der Waals surface area contributed by atoms with E-state index in [9.17, 15) is 0 Å². The van der Waals surface area contributed by atoms with Crippen molar-refractivity contribution >= 4 is 67.3 Å². The molecule has 3 aliphatic rings. The highest BCUT2D eigenvalue weighted by atomic mass is 14.4. The minimum atomic E-state index is 1.20. The van der Waals surface area contributed by atoms with E-state index >= 15 is 0 Å². The maximum absolute atomic E-state index is 2.45. The molecule has 0 atom stereocenters. The standard InChI is InChI=1S/C60H36/c1-4-16-43-31-37(25-28-40(43)13-1)34-52-46-19-7-10-22-49(46)55-58(52)56-50-23-11-8-20-47(50)53(35-38-26-29-41-14-2-5-17-44(41)32-38)60(56)57-51-24-12-9-21-48(51)54(59(55)57)36-39-27-30-42-15-3-6-18-45(42)33-39/h1-36H/b52-34+,53-35+,54-36+. The first-order valence-corrected chi connectivity index (χ1v) is 20.9. The molecule has 13 rings (SSSR count). The predicted octanol–water partition coefficient (Wildman–Crippen LogP) is 15.9. The first-order valence-electron chi connectivity index (χ1n) is 20.9. The molecule has 0 heterocycles. The molecule has 0 aromatic heterocycles. The molecule has 0 radical (unpaired) electrons. The molecule has 0 N–H and O–H groups in total. The summed E-state index contributed by atoms with van der Waals surface area (Å²) in [6.07, 6.45) is 7.35. The van der Waals surface area contributed by atoms with Gasteiger partial charge in [0, 0.05) is 0 Å². The minimum absolute atomic E-state index is 1.20. The zero-order chi connectivity index (χ0) is 39.3. The lowest BCUT2D eigenvalue weighted by Gasteiger charge is -2.19. The first-order chi connectivity index (χ1) is 29.7. The lowest BCUT2D eigenvalue weighted by Crippen LogP contribution is -1.97. The largest absolute Gasteiger partial charge is 0.0616 e. The Morgan fingerprint density at radius 3 is 0.750 bits per heavy atom. The van der Waals surface area contributed by atoms with Crippen molar-refractivity contribution in [1.29, 1.82) is 0 Å². The average molecular weight is 757 g/mol. The summed E-state index contributed by atoms with van der Waals surface area (Å²) < 4.78 is 0. The van der Waals surface area contributed by atoms with Crippen molar-refractivity contribution in [3.8, 4) is 33.4 Å². The molecular weight excluding hydrogens is 721 g/mol. The van der Waals surface area contributed by atoms with Gasteiger partial charge in [-0.2, -0.15) is 0 Å². The Labute approximate surface area is 349 Å². The van der Waals surface area contributed by atoms with Crippen molar-refractivity contribution in [3.63, 3.8) is 0 Å². The van der Waals surface area contributed by atoms with Crippen LogP contribution >= 0.6 is 0 Å². The van der Waals surface area contributed by atoms with Crippen LogP contribution in [0.25, 0.3) is 101 Å². The molecule has 3 aliphatic carbocycles. The number of hydrogen-bond acceptors (Lipinski definition) is 0. The van der Waals surface area contributed by atoms with E-state index in [-0.39, 0.29) is 0 Å². The van der Waals surface area contributed by atoms with Gasteiger partial charge >= 0.3 is 0 Å². The van der Waals surface area contributed by atoms with E-state index in [1.54, 1.807) is 0 Å². The highest BCUT2D eigenvalue weighted by molar-refractivity contribution is 6.26. The van der Waals surface area contributed by atoms with Gasteiger partial charge in [-0.25, -0.2) is 0 Å². The number of benzene rings is 10. The molecule has 0 nitrogen and oxygen atoms in total. The molecule has 0 saturated heterocycles. The van der Waals surface area contributed by atoms with E-state index in [0.717, 1.165) is 0 Å². The molecule has 60 heavy (non-hydrogen) atoms. The van der Waals surface area contributed by atoms with Gasteiger partial charge in [-0.3, -0.25) is 0 Å². The highest BCUT2D eigenvalue weighted by Crippen LogP contribution is 2.64. The summed E-state index contributed by atoms with van der Waals surface area (Å²) in [7, 11) is 0. The third-order valence-corrected chi connectivity index (χ3v) is 13.0. The van der Waals surface area contributed by atoms with Crippen LogP contribution in [0.4, 0.5) is 0 Å². The Morgan fingerprint density at radius 1 is 0.200 bits per heavy atom. The number of hydrogen-bond donors (Lipinski definition) is 0. The maximum atomic E-state index is 2.45. The highest BCUT2D eigenvalue weighted by Gasteiger charge is 2.42. The van der Waals surface area contributed by atoms with E-state index in [4.69, 9.17) is 0 Å². The molecule has 0 aliphatic heterocycles. The Bertz CT molecular complexity index is 3190. The quantitative estimate of drug-likeness (QED) is 0.168. The van der Waals surface area contributed by atoms with E-state index in [1.807, 2.05) is 0 Å². The molecule has 0 bridgehead atoms. The topological polar surface area (TPSA) is 0 Å². The van der Waals surface area contributed by atoms with Gasteiger partial charge < -0.3 is 0 Å². The second-order valence-corrected chi connectivity index (χ2v) is 16.4. The van der Waals surface area contributed by atoms with Crippen molar-refractivity contribution in [2.45, 2.75) is 0 Å². The first kappa shape index (κ1) is 33.2. The zero-order valence-electron chi connectivity index (χ0n) is 32.8. The molecule has 0 spiro atoms. The summed E-state index contributed by atoms with van der Waals surface area (Å²) in [6.45, 7) is 0. The molecule has 10 aromatic carbocycles. The molecular formula is C60H36. The second-order valence-electron chi connectivity index (χ2n) is 16.4. The van der Waals surface area contributed by atoms with E-state index in [0.29, 0.717) is 0 Å². The van der Waals surface area contributed by atoms with Crippen LogP contribution in [0.15, 0.2) is 200 Å². The molecule has 10 aromatic rings. The summed E-state index contributed by atoms with van der Waals surface area (Å²) in [5, 5.41) is 7.51. The summed E-state index contributed by atoms with van der Waals surface area (Å²) in [5.41, 5.74) is 23.1. The van der Waals surface area contributed by atoms with Gasteiger partial charge in [-0.15, -0.1) is 0 Å². The van der Waals surface area contributed by atoms with Crippen LogP contribution in [-0.2, 0) is 0 Å². The predicted molar refractivity (Wildman–Crippen MR) is 256 cm³/mol. The third kappa shape index (κ3) is 4.92.